The predicted molar refractivity (Wildman–Crippen MR) is 110 cm³/mol. The number of nitrogens with zero attached hydrogens (tertiary/aromatic N) is 2. The van der Waals surface area contributed by atoms with E-state index in [1.165, 1.54) is 17.7 Å². The van der Waals surface area contributed by atoms with Gasteiger partial charge in [-0.25, -0.2) is 0 Å². The summed E-state index contributed by atoms with van der Waals surface area (Å²) >= 11 is 0. The van der Waals surface area contributed by atoms with Crippen molar-refractivity contribution in [3.05, 3.63) is 82.8 Å². The van der Waals surface area contributed by atoms with Gasteiger partial charge < -0.3 is 8.60 Å². The molecule has 0 aliphatic carbocycles. The van der Waals surface area contributed by atoms with Crippen LogP contribution in [-0.4, -0.2) is 20.8 Å². The van der Waals surface area contributed by atoms with E-state index in [2.05, 4.69) is 21.5 Å². The van der Waals surface area contributed by atoms with Crippen LogP contribution in [0.2, 0.25) is 0 Å². The van der Waals surface area contributed by atoms with Crippen LogP contribution in [0.25, 0.3) is 0 Å². The first-order chi connectivity index (χ1) is 13.3. The molecule has 0 amide bonds. The standard InChI is InChI=1S/C21H20N2O4S/c1-15-11-16(2)21(17(3)12-15)22-13-19-9-10-20(26-19)14-23-28(24,25)27-18-7-5-4-6-8-18/h4-14H,1-3H3/b22-13?,23-14+. The molecule has 3 rings (SSSR count). The molecule has 1 aromatic heterocycles. The summed E-state index contributed by atoms with van der Waals surface area (Å²) in [6.45, 7) is 6.05. The number of furan rings is 1. The normalized spacial score (nSPS) is 12.1. The molecule has 3 aromatic rings. The quantitative estimate of drug-likeness (QED) is 0.566. The summed E-state index contributed by atoms with van der Waals surface area (Å²) in [5.74, 6) is 0.956. The third-order valence-corrected chi connectivity index (χ3v) is 4.62. The lowest BCUT2D eigenvalue weighted by atomic mass is 10.1. The van der Waals surface area contributed by atoms with Gasteiger partial charge in [-0.15, -0.1) is 4.40 Å². The summed E-state index contributed by atoms with van der Waals surface area (Å²) in [4.78, 5) is 4.49. The third-order valence-electron chi connectivity index (χ3n) is 3.86. The molecule has 7 heteroatoms. The fraction of sp³-hybridized carbons (Fsp3) is 0.143. The van der Waals surface area contributed by atoms with E-state index in [1.54, 1.807) is 36.5 Å². The van der Waals surface area contributed by atoms with Crippen LogP contribution in [0.4, 0.5) is 5.69 Å². The van der Waals surface area contributed by atoms with Crippen LogP contribution in [0, 0.1) is 20.8 Å². The Balaban J connectivity index is 1.71. The number of hydrogen-bond acceptors (Lipinski definition) is 5. The van der Waals surface area contributed by atoms with E-state index in [1.807, 2.05) is 20.8 Å². The Morgan fingerprint density at radius 1 is 0.893 bits per heavy atom. The predicted octanol–water partition coefficient (Wildman–Crippen LogP) is 4.70. The number of aryl methyl sites for hydroxylation is 3. The van der Waals surface area contributed by atoms with Gasteiger partial charge in [-0.3, -0.25) is 4.99 Å². The molecule has 1 heterocycles. The van der Waals surface area contributed by atoms with Crippen molar-refractivity contribution in [2.24, 2.45) is 9.39 Å². The van der Waals surface area contributed by atoms with Crippen LogP contribution >= 0.6 is 0 Å². The Kier molecular flexibility index (Phi) is 5.75. The first kappa shape index (κ1) is 19.6. The van der Waals surface area contributed by atoms with Crippen LogP contribution in [0.3, 0.4) is 0 Å². The minimum atomic E-state index is -4.12. The second-order valence-electron chi connectivity index (χ2n) is 6.30. The first-order valence-corrected chi connectivity index (χ1v) is 9.95. The van der Waals surface area contributed by atoms with Gasteiger partial charge in [-0.05, 0) is 56.2 Å². The van der Waals surface area contributed by atoms with Crippen LogP contribution < -0.4 is 4.18 Å². The average molecular weight is 396 g/mol. The van der Waals surface area contributed by atoms with Crippen molar-refractivity contribution in [3.63, 3.8) is 0 Å². The maximum atomic E-state index is 11.9. The van der Waals surface area contributed by atoms with Crippen molar-refractivity contribution in [2.75, 3.05) is 0 Å². The molecular weight excluding hydrogens is 376 g/mol. The second-order valence-corrected chi connectivity index (χ2v) is 7.54. The molecule has 144 valence electrons. The average Bonchev–Trinajstić information content (AvgIpc) is 3.08. The molecule has 0 atom stereocenters. The Bertz CT molecular complexity index is 1110. The van der Waals surface area contributed by atoms with E-state index < -0.39 is 10.3 Å². The molecule has 0 fully saturated rings. The molecular formula is C21H20N2O4S. The smallest absolute Gasteiger partial charge is 0.428 e. The van der Waals surface area contributed by atoms with Crippen molar-refractivity contribution in [1.82, 2.24) is 0 Å². The number of hydrogen-bond donors (Lipinski definition) is 0. The van der Waals surface area contributed by atoms with E-state index in [4.69, 9.17) is 8.60 Å². The topological polar surface area (TPSA) is 81.2 Å². The highest BCUT2D eigenvalue weighted by molar-refractivity contribution is 7.85. The van der Waals surface area contributed by atoms with Crippen molar-refractivity contribution in [2.45, 2.75) is 20.8 Å². The highest BCUT2D eigenvalue weighted by Crippen LogP contribution is 2.25. The third kappa shape index (κ3) is 5.17. The molecule has 0 spiro atoms. The van der Waals surface area contributed by atoms with Crippen LogP contribution in [0.15, 0.2) is 68.4 Å². The molecule has 0 saturated heterocycles. The monoisotopic (exact) mass is 396 g/mol. The summed E-state index contributed by atoms with van der Waals surface area (Å²) in [6.07, 6.45) is 2.69. The summed E-state index contributed by atoms with van der Waals surface area (Å²) < 4.78 is 37.7. The van der Waals surface area contributed by atoms with Crippen molar-refractivity contribution < 1.29 is 17.0 Å². The lowest BCUT2D eigenvalue weighted by Crippen LogP contribution is -2.05. The van der Waals surface area contributed by atoms with Gasteiger partial charge in [0.15, 0.2) is 0 Å². The molecule has 0 radical (unpaired) electrons. The van der Waals surface area contributed by atoms with Gasteiger partial charge in [0, 0.05) is 0 Å². The van der Waals surface area contributed by atoms with E-state index in [9.17, 15) is 8.42 Å². The van der Waals surface area contributed by atoms with Gasteiger partial charge in [0.1, 0.15) is 17.3 Å². The lowest BCUT2D eigenvalue weighted by Gasteiger charge is -2.05. The lowest BCUT2D eigenvalue weighted by molar-refractivity contribution is 0.488. The molecule has 0 N–H and O–H groups in total. The minimum absolute atomic E-state index is 0.191. The molecule has 0 aliphatic heterocycles. The Morgan fingerprint density at radius 3 is 2.14 bits per heavy atom. The summed E-state index contributed by atoms with van der Waals surface area (Å²) in [5.41, 5.74) is 4.22. The maximum absolute atomic E-state index is 11.9. The zero-order chi connectivity index (χ0) is 20.1. The zero-order valence-electron chi connectivity index (χ0n) is 15.8. The number of benzene rings is 2. The largest absolute Gasteiger partial charge is 0.454 e. The van der Waals surface area contributed by atoms with Gasteiger partial charge in [0.05, 0.1) is 18.1 Å². The Hall–Kier alpha value is -3.19. The SMILES string of the molecule is Cc1cc(C)c(N=Cc2ccc(/C=N/S(=O)(=O)Oc3ccccc3)o2)c(C)c1. The van der Waals surface area contributed by atoms with E-state index in [0.29, 0.717) is 5.76 Å². The van der Waals surface area contributed by atoms with Crippen molar-refractivity contribution >= 4 is 28.4 Å². The van der Waals surface area contributed by atoms with Gasteiger partial charge in [-0.1, -0.05) is 35.9 Å². The Labute approximate surface area is 164 Å². The summed E-state index contributed by atoms with van der Waals surface area (Å²) in [7, 11) is -4.12. The maximum Gasteiger partial charge on any atom is 0.428 e. The number of para-hydroxylation sites is 1. The molecule has 0 bridgehead atoms. The van der Waals surface area contributed by atoms with E-state index in [-0.39, 0.29) is 11.5 Å². The van der Waals surface area contributed by atoms with E-state index in [0.717, 1.165) is 23.0 Å². The summed E-state index contributed by atoms with van der Waals surface area (Å²) in [5, 5.41) is 0. The Morgan fingerprint density at radius 2 is 1.50 bits per heavy atom. The highest BCUT2D eigenvalue weighted by Gasteiger charge is 2.10. The minimum Gasteiger partial charge on any atom is -0.454 e. The van der Waals surface area contributed by atoms with Gasteiger partial charge in [0.2, 0.25) is 0 Å². The molecule has 0 saturated carbocycles. The van der Waals surface area contributed by atoms with Crippen molar-refractivity contribution in [1.29, 1.82) is 0 Å². The summed E-state index contributed by atoms with van der Waals surface area (Å²) in [6, 6.07) is 15.6. The molecule has 2 aromatic carbocycles. The molecule has 28 heavy (non-hydrogen) atoms. The number of aliphatic imine (C=N–C) groups is 1. The molecule has 0 unspecified atom stereocenters. The van der Waals surface area contributed by atoms with Gasteiger partial charge in [-0.2, -0.15) is 8.42 Å². The highest BCUT2D eigenvalue weighted by atomic mass is 32.2. The fourth-order valence-corrected chi connectivity index (χ4v) is 3.38. The molecule has 6 nitrogen and oxygen atoms in total. The zero-order valence-corrected chi connectivity index (χ0v) is 16.6. The van der Waals surface area contributed by atoms with Crippen LogP contribution in [0.5, 0.6) is 5.75 Å². The van der Waals surface area contributed by atoms with Crippen LogP contribution in [-0.2, 0) is 10.3 Å². The van der Waals surface area contributed by atoms with Crippen LogP contribution in [0.1, 0.15) is 28.2 Å². The second kappa shape index (κ2) is 8.22. The fourth-order valence-electron chi connectivity index (χ4n) is 2.75. The van der Waals surface area contributed by atoms with Gasteiger partial charge in [0.25, 0.3) is 0 Å². The first-order valence-electron chi connectivity index (χ1n) is 8.59. The molecule has 0 aliphatic rings. The van der Waals surface area contributed by atoms with Gasteiger partial charge >= 0.3 is 10.3 Å². The van der Waals surface area contributed by atoms with Crippen molar-refractivity contribution in [3.8, 4) is 5.75 Å². The van der Waals surface area contributed by atoms with E-state index >= 15 is 0 Å². The number of rotatable bonds is 6.